The van der Waals surface area contributed by atoms with E-state index >= 15 is 0 Å². The van der Waals surface area contributed by atoms with Gasteiger partial charge in [-0.2, -0.15) is 0 Å². The van der Waals surface area contributed by atoms with Crippen LogP contribution in [0, 0.1) is 5.92 Å². The summed E-state index contributed by atoms with van der Waals surface area (Å²) in [7, 11) is 0. The average molecular weight is 284 g/mol. The summed E-state index contributed by atoms with van der Waals surface area (Å²) < 4.78 is 0. The number of fused-ring (bicyclic) bond motifs is 1. The number of nitrogens with zero attached hydrogens (tertiary/aromatic N) is 1. The van der Waals surface area contributed by atoms with Crippen LogP contribution in [0.2, 0.25) is 0 Å². The van der Waals surface area contributed by atoms with Gasteiger partial charge in [0.1, 0.15) is 0 Å². The third-order valence-corrected chi connectivity index (χ3v) is 4.90. The first-order chi connectivity index (χ1) is 10.2. The van der Waals surface area contributed by atoms with Crippen molar-refractivity contribution in [2.45, 2.75) is 39.0 Å². The molecule has 3 rings (SSSR count). The lowest BCUT2D eigenvalue weighted by atomic mass is 9.98. The second kappa shape index (κ2) is 5.92. The summed E-state index contributed by atoms with van der Waals surface area (Å²) in [6.45, 7) is 6.00. The first-order valence-corrected chi connectivity index (χ1v) is 8.09. The zero-order valence-electron chi connectivity index (χ0n) is 12.9. The summed E-state index contributed by atoms with van der Waals surface area (Å²) in [5.74, 6) is 1.02. The Balaban J connectivity index is 1.77. The highest BCUT2D eigenvalue weighted by molar-refractivity contribution is 5.84. The molecule has 3 heteroatoms. The van der Waals surface area contributed by atoms with Gasteiger partial charge in [0.15, 0.2) is 0 Å². The summed E-state index contributed by atoms with van der Waals surface area (Å²) in [4.78, 5) is 17.9. The van der Waals surface area contributed by atoms with Gasteiger partial charge in [0, 0.05) is 42.0 Å². The van der Waals surface area contributed by atoms with Crippen LogP contribution in [0.3, 0.4) is 0 Å². The van der Waals surface area contributed by atoms with Crippen LogP contribution in [0.25, 0.3) is 10.9 Å². The molecule has 3 nitrogen and oxygen atoms in total. The van der Waals surface area contributed by atoms with Crippen molar-refractivity contribution in [3.63, 3.8) is 0 Å². The lowest BCUT2D eigenvalue weighted by molar-refractivity contribution is -0.134. The quantitative estimate of drug-likeness (QED) is 0.907. The minimum absolute atomic E-state index is 0.201. The van der Waals surface area contributed by atoms with Crippen LogP contribution in [0.4, 0.5) is 0 Å². The van der Waals surface area contributed by atoms with E-state index in [2.05, 4.69) is 54.2 Å². The molecule has 1 fully saturated rings. The van der Waals surface area contributed by atoms with E-state index < -0.39 is 0 Å². The normalized spacial score (nSPS) is 18.8. The van der Waals surface area contributed by atoms with E-state index in [9.17, 15) is 4.79 Å². The van der Waals surface area contributed by atoms with E-state index in [0.29, 0.717) is 11.8 Å². The van der Waals surface area contributed by atoms with Crippen molar-refractivity contribution in [3.05, 3.63) is 36.0 Å². The van der Waals surface area contributed by atoms with Gasteiger partial charge in [0.05, 0.1) is 0 Å². The lowest BCUT2D eigenvalue weighted by Gasteiger charge is -2.21. The van der Waals surface area contributed by atoms with Gasteiger partial charge in [-0.15, -0.1) is 0 Å². The fourth-order valence-corrected chi connectivity index (χ4v) is 3.54. The second-order valence-corrected chi connectivity index (χ2v) is 6.07. The molecule has 1 aromatic heterocycles. The molecule has 1 aromatic carbocycles. The maximum atomic E-state index is 12.5. The number of nitrogens with one attached hydrogen (secondary N) is 1. The van der Waals surface area contributed by atoms with Crippen molar-refractivity contribution in [2.24, 2.45) is 5.92 Å². The van der Waals surface area contributed by atoms with Crippen LogP contribution in [0.1, 0.15) is 44.6 Å². The van der Waals surface area contributed by atoms with Crippen molar-refractivity contribution in [1.82, 2.24) is 9.88 Å². The van der Waals surface area contributed by atoms with Crippen molar-refractivity contribution in [2.75, 3.05) is 13.1 Å². The maximum Gasteiger partial charge on any atom is 0.225 e. The van der Waals surface area contributed by atoms with Gasteiger partial charge >= 0.3 is 0 Å². The van der Waals surface area contributed by atoms with Gasteiger partial charge in [0.2, 0.25) is 5.91 Å². The predicted octanol–water partition coefficient (Wildman–Crippen LogP) is 3.92. The van der Waals surface area contributed by atoms with Crippen LogP contribution in [0.5, 0.6) is 0 Å². The number of carbonyl (C=O) groups excluding carboxylic acids is 1. The standard InChI is InChI=1S/C18H24N2O/c1-3-13(4-2)18(21)20-10-9-14(12-20)16-11-19-17-8-6-5-7-15(16)17/h5-8,11,13-14,19H,3-4,9-10,12H2,1-2H3. The summed E-state index contributed by atoms with van der Waals surface area (Å²) in [6, 6.07) is 8.43. The Hall–Kier alpha value is -1.77. The van der Waals surface area contributed by atoms with Crippen LogP contribution < -0.4 is 0 Å². The second-order valence-electron chi connectivity index (χ2n) is 6.07. The third-order valence-electron chi connectivity index (χ3n) is 4.90. The monoisotopic (exact) mass is 284 g/mol. The molecule has 1 unspecified atom stereocenters. The Morgan fingerprint density at radius 3 is 2.86 bits per heavy atom. The first kappa shape index (κ1) is 14.2. The molecule has 0 spiro atoms. The first-order valence-electron chi connectivity index (χ1n) is 8.09. The van der Waals surface area contributed by atoms with E-state index in [1.165, 1.54) is 16.5 Å². The number of carbonyl (C=O) groups is 1. The molecule has 2 heterocycles. The molecule has 1 aliphatic rings. The van der Waals surface area contributed by atoms with Gasteiger partial charge < -0.3 is 9.88 Å². The molecular formula is C18H24N2O. The van der Waals surface area contributed by atoms with Crippen LogP contribution in [0.15, 0.2) is 30.5 Å². The molecule has 0 saturated carbocycles. The molecule has 1 amide bonds. The van der Waals surface area contributed by atoms with Crippen molar-refractivity contribution >= 4 is 16.8 Å². The fraction of sp³-hybridized carbons (Fsp3) is 0.500. The summed E-state index contributed by atoms with van der Waals surface area (Å²) in [5.41, 5.74) is 2.56. The zero-order valence-corrected chi connectivity index (χ0v) is 12.9. The molecular weight excluding hydrogens is 260 g/mol. The number of aromatic amines is 1. The zero-order chi connectivity index (χ0) is 14.8. The summed E-state index contributed by atoms with van der Waals surface area (Å²) >= 11 is 0. The molecule has 1 saturated heterocycles. The highest BCUT2D eigenvalue weighted by Crippen LogP contribution is 2.33. The number of H-pyrrole nitrogens is 1. The Morgan fingerprint density at radius 2 is 2.10 bits per heavy atom. The van der Waals surface area contributed by atoms with E-state index in [1.807, 2.05) is 0 Å². The highest BCUT2D eigenvalue weighted by Gasteiger charge is 2.31. The molecule has 1 aliphatic heterocycles. The van der Waals surface area contributed by atoms with E-state index in [-0.39, 0.29) is 5.92 Å². The molecule has 112 valence electrons. The van der Waals surface area contributed by atoms with Crippen LogP contribution in [-0.2, 0) is 4.79 Å². The predicted molar refractivity (Wildman–Crippen MR) is 86.3 cm³/mol. The Morgan fingerprint density at radius 1 is 1.33 bits per heavy atom. The number of hydrogen-bond acceptors (Lipinski definition) is 1. The number of aromatic nitrogens is 1. The number of rotatable bonds is 4. The number of hydrogen-bond donors (Lipinski definition) is 1. The van der Waals surface area contributed by atoms with E-state index in [1.54, 1.807) is 0 Å². The summed E-state index contributed by atoms with van der Waals surface area (Å²) in [6.07, 6.45) is 5.10. The third kappa shape index (κ3) is 2.57. The molecule has 2 aromatic rings. The molecule has 0 aliphatic carbocycles. The topological polar surface area (TPSA) is 36.1 Å². The van der Waals surface area contributed by atoms with Gasteiger partial charge in [-0.3, -0.25) is 4.79 Å². The van der Waals surface area contributed by atoms with Crippen LogP contribution >= 0.6 is 0 Å². The SMILES string of the molecule is CCC(CC)C(=O)N1CCC(c2c[nH]c3ccccc23)C1. The molecule has 21 heavy (non-hydrogen) atoms. The Bertz CT molecular complexity index is 627. The Kier molecular flexibility index (Phi) is 4.00. The van der Waals surface area contributed by atoms with Gasteiger partial charge in [-0.1, -0.05) is 32.0 Å². The largest absolute Gasteiger partial charge is 0.361 e. The molecule has 0 bridgehead atoms. The van der Waals surface area contributed by atoms with Crippen molar-refractivity contribution in [3.8, 4) is 0 Å². The van der Waals surface area contributed by atoms with E-state index in [0.717, 1.165) is 32.4 Å². The van der Waals surface area contributed by atoms with Crippen molar-refractivity contribution < 1.29 is 4.79 Å². The molecule has 1 atom stereocenters. The van der Waals surface area contributed by atoms with Crippen LogP contribution in [-0.4, -0.2) is 28.9 Å². The maximum absolute atomic E-state index is 12.5. The number of likely N-dealkylation sites (tertiary alicyclic amines) is 1. The van der Waals surface area contributed by atoms with E-state index in [4.69, 9.17) is 0 Å². The minimum Gasteiger partial charge on any atom is -0.361 e. The van der Waals surface area contributed by atoms with Crippen molar-refractivity contribution in [1.29, 1.82) is 0 Å². The lowest BCUT2D eigenvalue weighted by Crippen LogP contribution is -2.33. The number of benzene rings is 1. The minimum atomic E-state index is 0.201. The Labute approximate surface area is 126 Å². The average Bonchev–Trinajstić information content (AvgIpc) is 3.14. The fourth-order valence-electron chi connectivity index (χ4n) is 3.54. The molecule has 1 N–H and O–H groups in total. The number of amides is 1. The molecule has 0 radical (unpaired) electrons. The highest BCUT2D eigenvalue weighted by atomic mass is 16.2. The van der Waals surface area contributed by atoms with Gasteiger partial charge in [0.25, 0.3) is 0 Å². The van der Waals surface area contributed by atoms with Gasteiger partial charge in [-0.05, 0) is 30.9 Å². The summed E-state index contributed by atoms with van der Waals surface area (Å²) in [5, 5.41) is 1.30. The van der Waals surface area contributed by atoms with Gasteiger partial charge in [-0.25, -0.2) is 0 Å². The number of para-hydroxylation sites is 1. The smallest absolute Gasteiger partial charge is 0.225 e.